The number of nitrogens with one attached hydrogen (secondary N) is 2. The molecule has 1 aliphatic carbocycles. The van der Waals surface area contributed by atoms with E-state index >= 15 is 0 Å². The zero-order chi connectivity index (χ0) is 15.2. The third-order valence-corrected chi connectivity index (χ3v) is 3.59. The van der Waals surface area contributed by atoms with E-state index in [1.165, 1.54) is 11.1 Å². The van der Waals surface area contributed by atoms with Gasteiger partial charge < -0.3 is 16.4 Å². The molecule has 4 N–H and O–H groups in total. The summed E-state index contributed by atoms with van der Waals surface area (Å²) in [5.41, 5.74) is 9.33. The van der Waals surface area contributed by atoms with Gasteiger partial charge in [-0.2, -0.15) is 0 Å². The standard InChI is InChI=1S/C16H24N4O.HI/c1-3-11-6-5-7-12(4-2)15(11)20-16(17)18-10-14(21)19-13-8-9-13;/h5-7,13H,3-4,8-10H2,1-2H3,(H,19,21)(H3,17,18,20);1H. The molecule has 0 bridgehead atoms. The van der Waals surface area contributed by atoms with Gasteiger partial charge in [-0.25, -0.2) is 4.99 Å². The van der Waals surface area contributed by atoms with E-state index in [2.05, 4.69) is 47.7 Å². The average molecular weight is 416 g/mol. The lowest BCUT2D eigenvalue weighted by atomic mass is 10.0. The number of aryl methyl sites for hydroxylation is 2. The molecule has 1 aromatic rings. The zero-order valence-corrected chi connectivity index (χ0v) is 15.5. The van der Waals surface area contributed by atoms with Crippen LogP contribution in [0.5, 0.6) is 0 Å². The average Bonchev–Trinajstić information content (AvgIpc) is 3.29. The van der Waals surface area contributed by atoms with Crippen molar-refractivity contribution in [3.05, 3.63) is 29.3 Å². The summed E-state index contributed by atoms with van der Waals surface area (Å²) in [4.78, 5) is 15.7. The summed E-state index contributed by atoms with van der Waals surface area (Å²) in [7, 11) is 0. The Morgan fingerprint density at radius 3 is 2.36 bits per heavy atom. The Morgan fingerprint density at radius 2 is 1.86 bits per heavy atom. The first-order valence-electron chi connectivity index (χ1n) is 7.61. The second kappa shape index (κ2) is 8.97. The molecule has 22 heavy (non-hydrogen) atoms. The van der Waals surface area contributed by atoms with Crippen LogP contribution in [0, 0.1) is 0 Å². The van der Waals surface area contributed by atoms with Crippen molar-refractivity contribution in [2.75, 3.05) is 11.9 Å². The number of carbonyl (C=O) groups excluding carboxylic acids is 1. The number of rotatable bonds is 6. The molecule has 0 radical (unpaired) electrons. The largest absolute Gasteiger partial charge is 0.370 e. The van der Waals surface area contributed by atoms with Crippen molar-refractivity contribution in [2.45, 2.75) is 45.6 Å². The van der Waals surface area contributed by atoms with Gasteiger partial charge in [-0.1, -0.05) is 32.0 Å². The molecule has 0 unspecified atom stereocenters. The van der Waals surface area contributed by atoms with Crippen LogP contribution < -0.4 is 16.4 Å². The van der Waals surface area contributed by atoms with Crippen LogP contribution in [0.1, 0.15) is 37.8 Å². The third-order valence-electron chi connectivity index (χ3n) is 3.59. The molecule has 1 aliphatic rings. The normalized spacial score (nSPS) is 14.2. The topological polar surface area (TPSA) is 79.5 Å². The fraction of sp³-hybridized carbons (Fsp3) is 0.500. The number of amides is 1. The fourth-order valence-electron chi connectivity index (χ4n) is 2.23. The predicted octanol–water partition coefficient (Wildman–Crippen LogP) is 2.43. The number of hydrogen-bond donors (Lipinski definition) is 3. The number of benzene rings is 1. The van der Waals surface area contributed by atoms with Crippen molar-refractivity contribution >= 4 is 41.5 Å². The molecule has 1 saturated carbocycles. The van der Waals surface area contributed by atoms with Crippen LogP contribution in [0.15, 0.2) is 23.2 Å². The minimum absolute atomic E-state index is 0. The smallest absolute Gasteiger partial charge is 0.242 e. The summed E-state index contributed by atoms with van der Waals surface area (Å²) in [5, 5.41) is 6.04. The maximum Gasteiger partial charge on any atom is 0.242 e. The molecule has 1 fully saturated rings. The molecule has 0 aliphatic heterocycles. The van der Waals surface area contributed by atoms with Crippen LogP contribution in [0.3, 0.4) is 0 Å². The SMILES string of the molecule is CCc1cccc(CC)c1NC(N)=NCC(=O)NC1CC1.I. The van der Waals surface area contributed by atoms with Gasteiger partial charge in [-0.15, -0.1) is 24.0 Å². The van der Waals surface area contributed by atoms with E-state index in [-0.39, 0.29) is 42.4 Å². The van der Waals surface area contributed by atoms with Crippen molar-refractivity contribution < 1.29 is 4.79 Å². The molecule has 0 aromatic heterocycles. The summed E-state index contributed by atoms with van der Waals surface area (Å²) in [6.07, 6.45) is 4.00. The number of para-hydroxylation sites is 1. The third kappa shape index (κ3) is 5.47. The van der Waals surface area contributed by atoms with Gasteiger partial charge in [0, 0.05) is 11.7 Å². The van der Waals surface area contributed by atoms with Gasteiger partial charge in [0.1, 0.15) is 6.54 Å². The highest BCUT2D eigenvalue weighted by atomic mass is 127. The van der Waals surface area contributed by atoms with E-state index in [0.29, 0.717) is 6.04 Å². The van der Waals surface area contributed by atoms with Crippen molar-refractivity contribution in [1.82, 2.24) is 5.32 Å². The van der Waals surface area contributed by atoms with E-state index in [9.17, 15) is 4.79 Å². The van der Waals surface area contributed by atoms with Crippen molar-refractivity contribution in [2.24, 2.45) is 10.7 Å². The van der Waals surface area contributed by atoms with E-state index in [4.69, 9.17) is 5.73 Å². The number of carbonyl (C=O) groups is 1. The molecule has 0 spiro atoms. The van der Waals surface area contributed by atoms with E-state index in [1.807, 2.05) is 0 Å². The first-order chi connectivity index (χ1) is 10.1. The van der Waals surface area contributed by atoms with Crippen LogP contribution in [0.25, 0.3) is 0 Å². The number of anilines is 1. The molecule has 2 rings (SSSR count). The molecule has 1 aromatic carbocycles. The van der Waals surface area contributed by atoms with Gasteiger partial charge in [0.25, 0.3) is 0 Å². The molecule has 5 nitrogen and oxygen atoms in total. The quantitative estimate of drug-likeness (QED) is 0.379. The lowest BCUT2D eigenvalue weighted by Gasteiger charge is -2.14. The van der Waals surface area contributed by atoms with Gasteiger partial charge >= 0.3 is 0 Å². The Labute approximate surface area is 149 Å². The number of halogens is 1. The summed E-state index contributed by atoms with van der Waals surface area (Å²) in [6, 6.07) is 6.57. The molecule has 0 atom stereocenters. The van der Waals surface area contributed by atoms with Crippen LogP contribution in [-0.2, 0) is 17.6 Å². The number of guanidine groups is 1. The van der Waals surface area contributed by atoms with Crippen molar-refractivity contribution in [1.29, 1.82) is 0 Å². The fourth-order valence-corrected chi connectivity index (χ4v) is 2.23. The maximum absolute atomic E-state index is 11.6. The Hall–Kier alpha value is -1.31. The number of nitrogens with zero attached hydrogens (tertiary/aromatic N) is 1. The monoisotopic (exact) mass is 416 g/mol. The number of hydrogen-bond acceptors (Lipinski definition) is 2. The summed E-state index contributed by atoms with van der Waals surface area (Å²) >= 11 is 0. The summed E-state index contributed by atoms with van der Waals surface area (Å²) in [5.74, 6) is 0.221. The lowest BCUT2D eigenvalue weighted by molar-refractivity contribution is -0.119. The molecule has 1 amide bonds. The van der Waals surface area contributed by atoms with Gasteiger partial charge in [0.15, 0.2) is 5.96 Å². The van der Waals surface area contributed by atoms with Crippen LogP contribution in [0.4, 0.5) is 5.69 Å². The van der Waals surface area contributed by atoms with E-state index in [1.54, 1.807) is 0 Å². The second-order valence-electron chi connectivity index (χ2n) is 5.33. The molecular formula is C16H25IN4O. The number of aliphatic imine (C=N–C) groups is 1. The molecule has 6 heteroatoms. The molecule has 0 saturated heterocycles. The Morgan fingerprint density at radius 1 is 1.27 bits per heavy atom. The minimum Gasteiger partial charge on any atom is -0.370 e. The first-order valence-corrected chi connectivity index (χ1v) is 7.61. The van der Waals surface area contributed by atoms with Crippen LogP contribution >= 0.6 is 24.0 Å². The Kier molecular flexibility index (Phi) is 7.64. The van der Waals surface area contributed by atoms with E-state index < -0.39 is 0 Å². The molecular weight excluding hydrogens is 391 g/mol. The lowest BCUT2D eigenvalue weighted by Crippen LogP contribution is -2.30. The van der Waals surface area contributed by atoms with Gasteiger partial charge in [0.2, 0.25) is 5.91 Å². The predicted molar refractivity (Wildman–Crippen MR) is 102 cm³/mol. The summed E-state index contributed by atoms with van der Waals surface area (Å²) in [6.45, 7) is 4.29. The molecule has 0 heterocycles. The first kappa shape index (κ1) is 18.7. The zero-order valence-electron chi connectivity index (χ0n) is 13.2. The van der Waals surface area contributed by atoms with Crippen molar-refractivity contribution in [3.63, 3.8) is 0 Å². The second-order valence-corrected chi connectivity index (χ2v) is 5.33. The van der Waals surface area contributed by atoms with Gasteiger partial charge in [-0.05, 0) is 36.8 Å². The maximum atomic E-state index is 11.6. The van der Waals surface area contributed by atoms with Crippen LogP contribution in [0.2, 0.25) is 0 Å². The number of nitrogens with two attached hydrogens (primary N) is 1. The van der Waals surface area contributed by atoms with Gasteiger partial charge in [-0.3, -0.25) is 4.79 Å². The highest BCUT2D eigenvalue weighted by molar-refractivity contribution is 14.0. The highest BCUT2D eigenvalue weighted by Gasteiger charge is 2.22. The van der Waals surface area contributed by atoms with E-state index in [0.717, 1.165) is 31.4 Å². The Balaban J connectivity index is 0.00000242. The van der Waals surface area contributed by atoms with Crippen LogP contribution in [-0.4, -0.2) is 24.5 Å². The highest BCUT2D eigenvalue weighted by Crippen LogP contribution is 2.22. The molecule has 122 valence electrons. The summed E-state index contributed by atoms with van der Waals surface area (Å²) < 4.78 is 0. The van der Waals surface area contributed by atoms with Gasteiger partial charge in [0.05, 0.1) is 0 Å². The van der Waals surface area contributed by atoms with Crippen molar-refractivity contribution in [3.8, 4) is 0 Å². The minimum atomic E-state index is -0.0678. The Bertz CT molecular complexity index is 519.